The number of hydrogen-bond acceptors (Lipinski definition) is 4. The van der Waals surface area contributed by atoms with Crippen LogP contribution in [-0.2, 0) is 11.3 Å². The van der Waals surface area contributed by atoms with Crippen molar-refractivity contribution in [3.63, 3.8) is 0 Å². The van der Waals surface area contributed by atoms with E-state index in [1.807, 2.05) is 18.2 Å². The summed E-state index contributed by atoms with van der Waals surface area (Å²) in [4.78, 5) is 12.7. The summed E-state index contributed by atoms with van der Waals surface area (Å²) in [5, 5.41) is 7.29. The summed E-state index contributed by atoms with van der Waals surface area (Å²) >= 11 is 0. The third-order valence-corrected chi connectivity index (χ3v) is 5.20. The fourth-order valence-electron chi connectivity index (χ4n) is 3.59. The molecule has 1 aliphatic rings. The van der Waals surface area contributed by atoms with Crippen molar-refractivity contribution in [1.82, 2.24) is 9.78 Å². The Bertz CT molecular complexity index is 1020. The number of rotatable bonds is 7. The zero-order chi connectivity index (χ0) is 20.4. The van der Waals surface area contributed by atoms with Crippen molar-refractivity contribution in [1.29, 1.82) is 0 Å². The van der Waals surface area contributed by atoms with E-state index in [2.05, 4.69) is 10.4 Å². The first-order chi connectivity index (χ1) is 14.1. The molecule has 1 N–H and O–H groups in total. The van der Waals surface area contributed by atoms with Gasteiger partial charge in [0.2, 0.25) is 5.91 Å². The molecule has 1 amide bonds. The number of carbonyl (C=O) groups is 1. The van der Waals surface area contributed by atoms with E-state index in [1.54, 1.807) is 43.3 Å². The van der Waals surface area contributed by atoms with Gasteiger partial charge in [-0.1, -0.05) is 24.3 Å². The van der Waals surface area contributed by atoms with Crippen LogP contribution >= 0.6 is 0 Å². The second-order valence-corrected chi connectivity index (χ2v) is 7.02. The molecule has 2 atom stereocenters. The molecule has 3 aromatic rings. The van der Waals surface area contributed by atoms with Gasteiger partial charge in [-0.3, -0.25) is 4.79 Å². The molecule has 1 aliphatic carbocycles. The molecule has 7 heteroatoms. The summed E-state index contributed by atoms with van der Waals surface area (Å²) in [6, 6.07) is 13.8. The Kier molecular flexibility index (Phi) is 5.20. The van der Waals surface area contributed by atoms with Gasteiger partial charge < -0.3 is 14.8 Å². The molecule has 4 rings (SSSR count). The zero-order valence-electron chi connectivity index (χ0n) is 16.3. The quantitative estimate of drug-likeness (QED) is 0.660. The highest BCUT2D eigenvalue weighted by Crippen LogP contribution is 2.48. The normalized spacial score (nSPS) is 17.6. The maximum atomic E-state index is 13.1. The van der Waals surface area contributed by atoms with Crippen LogP contribution in [0, 0.1) is 11.7 Å². The van der Waals surface area contributed by atoms with Crippen molar-refractivity contribution in [2.24, 2.45) is 5.92 Å². The molecule has 1 aromatic heterocycles. The Balaban J connectivity index is 1.45. The number of ether oxygens (including phenoxy) is 2. The molecule has 0 saturated heterocycles. The predicted octanol–water partition coefficient (Wildman–Crippen LogP) is 3.83. The van der Waals surface area contributed by atoms with Crippen LogP contribution in [0.15, 0.2) is 54.7 Å². The van der Waals surface area contributed by atoms with Gasteiger partial charge in [0.25, 0.3) is 0 Å². The summed E-state index contributed by atoms with van der Waals surface area (Å²) in [5.41, 5.74) is 1.88. The molecule has 0 aliphatic heterocycles. The molecule has 2 aromatic carbocycles. The topological polar surface area (TPSA) is 65.4 Å². The number of nitrogens with zero attached hydrogens (tertiary/aromatic N) is 2. The molecular formula is C22H22FN3O3. The highest BCUT2D eigenvalue weighted by molar-refractivity contribution is 5.94. The van der Waals surface area contributed by atoms with Crippen molar-refractivity contribution >= 4 is 11.7 Å². The van der Waals surface area contributed by atoms with E-state index in [0.29, 0.717) is 23.9 Å². The molecule has 6 nitrogen and oxygen atoms in total. The van der Waals surface area contributed by atoms with Gasteiger partial charge in [0.05, 0.1) is 27.0 Å². The van der Waals surface area contributed by atoms with Gasteiger partial charge in [0.1, 0.15) is 11.6 Å². The molecule has 2 unspecified atom stereocenters. The van der Waals surface area contributed by atoms with Crippen molar-refractivity contribution < 1.29 is 18.7 Å². The van der Waals surface area contributed by atoms with Crippen LogP contribution < -0.4 is 14.8 Å². The average Bonchev–Trinajstić information content (AvgIpc) is 3.43. The van der Waals surface area contributed by atoms with E-state index in [4.69, 9.17) is 9.47 Å². The third-order valence-electron chi connectivity index (χ3n) is 5.20. The number of para-hydroxylation sites is 1. The van der Waals surface area contributed by atoms with Crippen LogP contribution in [0.25, 0.3) is 0 Å². The lowest BCUT2D eigenvalue weighted by molar-refractivity contribution is -0.117. The van der Waals surface area contributed by atoms with Gasteiger partial charge in [-0.25, -0.2) is 9.07 Å². The third kappa shape index (κ3) is 3.94. The molecule has 150 valence electrons. The molecule has 29 heavy (non-hydrogen) atoms. The molecular weight excluding hydrogens is 373 g/mol. The van der Waals surface area contributed by atoms with E-state index in [0.717, 1.165) is 17.5 Å². The number of halogens is 1. The number of aromatic nitrogens is 2. The summed E-state index contributed by atoms with van der Waals surface area (Å²) in [5.74, 6) is 1.58. The van der Waals surface area contributed by atoms with E-state index in [9.17, 15) is 9.18 Å². The van der Waals surface area contributed by atoms with E-state index >= 15 is 0 Å². The fraction of sp³-hybridized carbons (Fsp3) is 0.273. The number of benzene rings is 2. The van der Waals surface area contributed by atoms with Gasteiger partial charge in [-0.15, -0.1) is 0 Å². The van der Waals surface area contributed by atoms with Crippen LogP contribution in [0.2, 0.25) is 0 Å². The van der Waals surface area contributed by atoms with Crippen LogP contribution in [0.4, 0.5) is 10.2 Å². The van der Waals surface area contributed by atoms with Crippen LogP contribution in [-0.4, -0.2) is 29.9 Å². The molecule has 0 spiro atoms. The van der Waals surface area contributed by atoms with Gasteiger partial charge in [-0.2, -0.15) is 5.10 Å². The SMILES string of the molecule is COc1cccc(Cn2nccc2NC(=O)C2CC2c2ccc(F)cc2)c1OC. The summed E-state index contributed by atoms with van der Waals surface area (Å²) in [6.45, 7) is 0.426. The monoisotopic (exact) mass is 395 g/mol. The smallest absolute Gasteiger partial charge is 0.229 e. The van der Waals surface area contributed by atoms with Gasteiger partial charge in [-0.05, 0) is 36.1 Å². The zero-order valence-corrected chi connectivity index (χ0v) is 16.3. The van der Waals surface area contributed by atoms with E-state index in [1.165, 1.54) is 12.1 Å². The minimum absolute atomic E-state index is 0.0568. The Labute approximate surface area is 168 Å². The number of carbonyl (C=O) groups excluding carboxylic acids is 1. The first-order valence-corrected chi connectivity index (χ1v) is 9.38. The van der Waals surface area contributed by atoms with Crippen molar-refractivity contribution in [2.75, 3.05) is 19.5 Å². The van der Waals surface area contributed by atoms with Gasteiger partial charge in [0.15, 0.2) is 11.5 Å². The Hall–Kier alpha value is -3.35. The largest absolute Gasteiger partial charge is 0.493 e. The lowest BCUT2D eigenvalue weighted by Crippen LogP contribution is -2.18. The van der Waals surface area contributed by atoms with Gasteiger partial charge >= 0.3 is 0 Å². The van der Waals surface area contributed by atoms with Crippen LogP contribution in [0.1, 0.15) is 23.5 Å². The van der Waals surface area contributed by atoms with E-state index < -0.39 is 0 Å². The molecule has 1 heterocycles. The second kappa shape index (κ2) is 7.95. The Morgan fingerprint density at radius 2 is 1.97 bits per heavy atom. The van der Waals surface area contributed by atoms with Crippen LogP contribution in [0.3, 0.4) is 0 Å². The number of amides is 1. The molecule has 1 saturated carbocycles. The number of methoxy groups -OCH3 is 2. The lowest BCUT2D eigenvalue weighted by Gasteiger charge is -2.14. The summed E-state index contributed by atoms with van der Waals surface area (Å²) in [7, 11) is 3.18. The predicted molar refractivity (Wildman–Crippen MR) is 107 cm³/mol. The molecule has 0 radical (unpaired) electrons. The Morgan fingerprint density at radius 1 is 1.17 bits per heavy atom. The van der Waals surface area contributed by atoms with E-state index in [-0.39, 0.29) is 23.6 Å². The standard InChI is InChI=1S/C22H22FN3O3/c1-28-19-5-3-4-15(21(19)29-2)13-26-20(10-11-24-26)25-22(27)18-12-17(18)14-6-8-16(23)9-7-14/h3-11,17-18H,12-13H2,1-2H3,(H,25,27). The van der Waals surface area contributed by atoms with Gasteiger partial charge in [0, 0.05) is 17.5 Å². The number of nitrogens with one attached hydrogen (secondary N) is 1. The van der Waals surface area contributed by atoms with Crippen molar-refractivity contribution in [3.05, 3.63) is 71.7 Å². The van der Waals surface area contributed by atoms with Crippen LogP contribution in [0.5, 0.6) is 11.5 Å². The lowest BCUT2D eigenvalue weighted by atomic mass is 10.1. The highest BCUT2D eigenvalue weighted by atomic mass is 19.1. The maximum absolute atomic E-state index is 13.1. The number of hydrogen-bond donors (Lipinski definition) is 1. The minimum atomic E-state index is -0.271. The highest BCUT2D eigenvalue weighted by Gasteiger charge is 2.44. The Morgan fingerprint density at radius 3 is 2.69 bits per heavy atom. The average molecular weight is 395 g/mol. The summed E-state index contributed by atoms with van der Waals surface area (Å²) < 4.78 is 25.6. The molecule has 0 bridgehead atoms. The minimum Gasteiger partial charge on any atom is -0.493 e. The molecule has 1 fully saturated rings. The van der Waals surface area contributed by atoms with Crippen molar-refractivity contribution in [2.45, 2.75) is 18.9 Å². The van der Waals surface area contributed by atoms with Crippen molar-refractivity contribution in [3.8, 4) is 11.5 Å². The first-order valence-electron chi connectivity index (χ1n) is 9.38. The maximum Gasteiger partial charge on any atom is 0.229 e. The summed E-state index contributed by atoms with van der Waals surface area (Å²) in [6.07, 6.45) is 2.40. The second-order valence-electron chi connectivity index (χ2n) is 7.02. The first kappa shape index (κ1) is 19.0. The number of anilines is 1. The fourth-order valence-corrected chi connectivity index (χ4v) is 3.59.